The largest absolute Gasteiger partial charge is 0.489 e. The van der Waals surface area contributed by atoms with Crippen molar-refractivity contribution in [1.29, 1.82) is 0 Å². The average molecular weight is 396 g/mol. The summed E-state index contributed by atoms with van der Waals surface area (Å²) in [4.78, 5) is 5.18. The number of anilines is 1. The van der Waals surface area contributed by atoms with Gasteiger partial charge in [-0.05, 0) is 62.1 Å². The predicted octanol–water partition coefficient (Wildman–Crippen LogP) is 5.12. The first kappa shape index (κ1) is 21.2. The maximum absolute atomic E-state index is 6.18. The summed E-state index contributed by atoms with van der Waals surface area (Å²) in [6, 6.07) is 12.4. The summed E-state index contributed by atoms with van der Waals surface area (Å²) in [5.41, 5.74) is 6.53. The number of hydrazine groups is 1. The van der Waals surface area contributed by atoms with Gasteiger partial charge in [0.25, 0.3) is 0 Å². The van der Waals surface area contributed by atoms with Crippen LogP contribution in [0, 0.1) is 19.8 Å². The third kappa shape index (κ3) is 5.10. The second-order valence-electron chi connectivity index (χ2n) is 7.95. The molecule has 2 N–H and O–H groups in total. The molecule has 0 heterocycles. The van der Waals surface area contributed by atoms with Crippen molar-refractivity contribution >= 4 is 11.4 Å². The topological polar surface area (TPSA) is 60.1 Å². The summed E-state index contributed by atoms with van der Waals surface area (Å²) >= 11 is 0. The molecule has 2 aromatic rings. The van der Waals surface area contributed by atoms with Gasteiger partial charge in [-0.1, -0.05) is 36.6 Å². The van der Waals surface area contributed by atoms with Gasteiger partial charge in [-0.2, -0.15) is 0 Å². The highest BCUT2D eigenvalue weighted by Crippen LogP contribution is 2.30. The molecule has 0 aliphatic heterocycles. The number of oxime groups is 1. The van der Waals surface area contributed by atoms with Gasteiger partial charge in [-0.3, -0.25) is 0 Å². The van der Waals surface area contributed by atoms with Crippen LogP contribution in [-0.2, 0) is 11.4 Å². The number of rotatable bonds is 7. The van der Waals surface area contributed by atoms with Gasteiger partial charge >= 0.3 is 0 Å². The number of benzene rings is 2. The molecule has 0 atom stereocenters. The Kier molecular flexibility index (Phi) is 7.15. The summed E-state index contributed by atoms with van der Waals surface area (Å²) in [6.07, 6.45) is 6.22. The van der Waals surface area contributed by atoms with Crippen LogP contribution in [0.2, 0.25) is 0 Å². The molecule has 0 unspecified atom stereocenters. The molecule has 29 heavy (non-hydrogen) atoms. The highest BCUT2D eigenvalue weighted by Gasteiger charge is 2.22. The lowest BCUT2D eigenvalue weighted by Gasteiger charge is -2.23. The van der Waals surface area contributed by atoms with Gasteiger partial charge in [-0.15, -0.1) is 0 Å². The molecule has 3 rings (SSSR count). The molecule has 1 fully saturated rings. The molecular weight excluding hydrogens is 362 g/mol. The third-order valence-corrected chi connectivity index (χ3v) is 5.79. The van der Waals surface area contributed by atoms with Crippen LogP contribution < -0.4 is 15.6 Å². The van der Waals surface area contributed by atoms with Gasteiger partial charge in [-0.25, -0.2) is 5.84 Å². The lowest BCUT2D eigenvalue weighted by molar-refractivity contribution is 0.210. The minimum Gasteiger partial charge on any atom is -0.489 e. The van der Waals surface area contributed by atoms with E-state index >= 15 is 0 Å². The van der Waals surface area contributed by atoms with E-state index < -0.39 is 0 Å². The number of hydrogen-bond acceptors (Lipinski definition) is 5. The maximum atomic E-state index is 6.18. The van der Waals surface area contributed by atoms with Crippen molar-refractivity contribution in [2.45, 2.75) is 52.6 Å². The fourth-order valence-corrected chi connectivity index (χ4v) is 4.16. The standard InChI is InChI=1S/C24H33N3O2/c1-17-9-8-12-22(27(3)25)21(17)16-29-23-14-13-20(15-18(23)2)24(26-28-4)19-10-6-5-7-11-19/h8-9,12-15,19H,5-7,10-11,16,25H2,1-4H3/b26-24+. The van der Waals surface area contributed by atoms with E-state index in [1.165, 1.54) is 37.7 Å². The molecule has 0 bridgehead atoms. The Bertz CT molecular complexity index is 855. The number of hydrogen-bond donors (Lipinski definition) is 1. The normalized spacial score (nSPS) is 15.3. The minimum atomic E-state index is 0.476. The van der Waals surface area contributed by atoms with E-state index in [9.17, 15) is 0 Å². The van der Waals surface area contributed by atoms with Crippen molar-refractivity contribution in [3.63, 3.8) is 0 Å². The molecule has 5 heteroatoms. The molecule has 0 radical (unpaired) electrons. The van der Waals surface area contributed by atoms with E-state index in [4.69, 9.17) is 15.4 Å². The van der Waals surface area contributed by atoms with Crippen LogP contribution in [0.25, 0.3) is 0 Å². The molecule has 0 amide bonds. The van der Waals surface area contributed by atoms with Crippen molar-refractivity contribution in [3.8, 4) is 5.75 Å². The highest BCUT2D eigenvalue weighted by molar-refractivity contribution is 6.02. The summed E-state index contributed by atoms with van der Waals surface area (Å²) in [6.45, 7) is 4.64. The lowest BCUT2D eigenvalue weighted by atomic mass is 9.83. The Morgan fingerprint density at radius 2 is 1.86 bits per heavy atom. The van der Waals surface area contributed by atoms with Crippen molar-refractivity contribution < 1.29 is 9.57 Å². The molecule has 1 saturated carbocycles. The molecule has 0 spiro atoms. The Hall–Kier alpha value is -2.53. The number of nitrogens with two attached hydrogens (primary N) is 1. The number of ether oxygens (including phenoxy) is 1. The third-order valence-electron chi connectivity index (χ3n) is 5.79. The van der Waals surface area contributed by atoms with E-state index in [-0.39, 0.29) is 0 Å². The van der Waals surface area contributed by atoms with Crippen LogP contribution in [0.3, 0.4) is 0 Å². The van der Waals surface area contributed by atoms with E-state index in [1.54, 1.807) is 12.1 Å². The minimum absolute atomic E-state index is 0.476. The van der Waals surface area contributed by atoms with Crippen molar-refractivity contribution in [3.05, 3.63) is 58.7 Å². The summed E-state index contributed by atoms with van der Waals surface area (Å²) in [7, 11) is 3.47. The zero-order valence-electron chi connectivity index (χ0n) is 18.1. The van der Waals surface area contributed by atoms with Crippen LogP contribution in [0.1, 0.15) is 54.4 Å². The lowest BCUT2D eigenvalue weighted by Crippen LogP contribution is -2.26. The van der Waals surface area contributed by atoms with Crippen molar-refractivity contribution in [1.82, 2.24) is 0 Å². The van der Waals surface area contributed by atoms with Crippen LogP contribution in [0.15, 0.2) is 41.6 Å². The van der Waals surface area contributed by atoms with Crippen LogP contribution in [-0.4, -0.2) is 19.9 Å². The molecule has 1 aliphatic carbocycles. The number of aryl methyl sites for hydroxylation is 2. The first-order valence-electron chi connectivity index (χ1n) is 10.4. The predicted molar refractivity (Wildman–Crippen MR) is 119 cm³/mol. The van der Waals surface area contributed by atoms with E-state index in [0.29, 0.717) is 12.5 Å². The second-order valence-corrected chi connectivity index (χ2v) is 7.95. The monoisotopic (exact) mass is 395 g/mol. The molecule has 1 aliphatic rings. The highest BCUT2D eigenvalue weighted by atomic mass is 16.6. The molecule has 0 aromatic heterocycles. The van der Waals surface area contributed by atoms with Crippen LogP contribution >= 0.6 is 0 Å². The quantitative estimate of drug-likeness (QED) is 0.401. The first-order chi connectivity index (χ1) is 14.0. The molecular formula is C24H33N3O2. The van der Waals surface area contributed by atoms with Gasteiger partial charge in [0, 0.05) is 24.1 Å². The Morgan fingerprint density at radius 1 is 1.10 bits per heavy atom. The molecule has 5 nitrogen and oxygen atoms in total. The van der Waals surface area contributed by atoms with E-state index in [0.717, 1.165) is 33.8 Å². The summed E-state index contributed by atoms with van der Waals surface area (Å²) < 4.78 is 6.18. The van der Waals surface area contributed by atoms with Gasteiger partial charge in [0.1, 0.15) is 19.5 Å². The fraction of sp³-hybridized carbons (Fsp3) is 0.458. The van der Waals surface area contributed by atoms with E-state index in [2.05, 4.69) is 37.2 Å². The number of nitrogens with zero attached hydrogens (tertiary/aromatic N) is 2. The van der Waals surface area contributed by atoms with Crippen molar-refractivity contribution in [2.75, 3.05) is 19.2 Å². The Balaban J connectivity index is 1.79. The average Bonchev–Trinajstić information content (AvgIpc) is 2.72. The maximum Gasteiger partial charge on any atom is 0.122 e. The fourth-order valence-electron chi connectivity index (χ4n) is 4.16. The van der Waals surface area contributed by atoms with Gasteiger partial charge in [0.15, 0.2) is 0 Å². The zero-order valence-corrected chi connectivity index (χ0v) is 18.1. The summed E-state index contributed by atoms with van der Waals surface area (Å²) in [5, 5.41) is 6.02. The van der Waals surface area contributed by atoms with Crippen LogP contribution in [0.4, 0.5) is 5.69 Å². The van der Waals surface area contributed by atoms with Gasteiger partial charge in [0.2, 0.25) is 0 Å². The summed E-state index contributed by atoms with van der Waals surface area (Å²) in [5.74, 6) is 7.34. The smallest absolute Gasteiger partial charge is 0.122 e. The van der Waals surface area contributed by atoms with Crippen LogP contribution in [0.5, 0.6) is 5.75 Å². The SMILES string of the molecule is CO/N=C(/c1ccc(OCc2c(C)cccc2N(C)N)c(C)c1)C1CCCCC1. The first-order valence-corrected chi connectivity index (χ1v) is 10.4. The molecule has 156 valence electrons. The molecule has 0 saturated heterocycles. The van der Waals surface area contributed by atoms with Gasteiger partial charge < -0.3 is 14.6 Å². The molecule has 2 aromatic carbocycles. The Labute approximate surface area is 174 Å². The van der Waals surface area contributed by atoms with Crippen molar-refractivity contribution in [2.24, 2.45) is 16.9 Å². The zero-order chi connectivity index (χ0) is 20.8. The second kappa shape index (κ2) is 9.79. The van der Waals surface area contributed by atoms with Gasteiger partial charge in [0.05, 0.1) is 11.4 Å². The van der Waals surface area contributed by atoms with E-state index in [1.807, 2.05) is 25.2 Å². The Morgan fingerprint density at radius 3 is 2.52 bits per heavy atom.